The number of esters is 2. The van der Waals surface area contributed by atoms with E-state index in [2.05, 4.69) is 16.1 Å². The van der Waals surface area contributed by atoms with Gasteiger partial charge in [0.05, 0.1) is 7.11 Å². The van der Waals surface area contributed by atoms with E-state index in [1.807, 2.05) is 0 Å². The lowest BCUT2D eigenvalue weighted by Crippen LogP contribution is -2.26. The first kappa shape index (κ1) is 13.5. The van der Waals surface area contributed by atoms with Gasteiger partial charge in [-0.1, -0.05) is 6.58 Å². The molecule has 0 spiro atoms. The quantitative estimate of drug-likeness (QED) is 0.519. The number of hydrogen-bond acceptors (Lipinski definition) is 4. The van der Waals surface area contributed by atoms with E-state index >= 15 is 0 Å². The monoisotopic (exact) mass is 222 g/mol. The fourth-order valence-electron chi connectivity index (χ4n) is 0.866. The Bertz CT molecular complexity index is 263. The van der Waals surface area contributed by atoms with Crippen LogP contribution >= 0.6 is 0 Å². The molecule has 0 bridgehead atoms. The molecule has 0 saturated carbocycles. The molecule has 0 aliphatic heterocycles. The summed E-state index contributed by atoms with van der Waals surface area (Å²) in [6.45, 7) is 4.27. The highest BCUT2D eigenvalue weighted by Gasteiger charge is 2.26. The standard InChI is InChI=1S/C9H12F2O4/c1-5(9(13)14-3)4-7(8(10)11)15-6(2)12/h7-8H,1,4H2,2-3H3/t7-/m1/s1. The van der Waals surface area contributed by atoms with Crippen molar-refractivity contribution in [2.24, 2.45) is 0 Å². The van der Waals surface area contributed by atoms with Gasteiger partial charge in [0, 0.05) is 18.9 Å². The van der Waals surface area contributed by atoms with Crippen molar-refractivity contribution in [1.82, 2.24) is 0 Å². The van der Waals surface area contributed by atoms with E-state index in [-0.39, 0.29) is 5.57 Å². The fraction of sp³-hybridized carbons (Fsp3) is 0.556. The SMILES string of the molecule is C=C(C[C@@H](OC(C)=O)C(F)F)C(=O)OC. The Balaban J connectivity index is 4.35. The number of hydrogen-bond donors (Lipinski definition) is 0. The zero-order valence-electron chi connectivity index (χ0n) is 8.46. The van der Waals surface area contributed by atoms with Crippen LogP contribution in [0.25, 0.3) is 0 Å². The first-order chi connectivity index (χ1) is 6.88. The molecule has 0 aromatic rings. The smallest absolute Gasteiger partial charge is 0.333 e. The Kier molecular flexibility index (Phi) is 5.51. The molecule has 1 atom stereocenters. The summed E-state index contributed by atoms with van der Waals surface area (Å²) >= 11 is 0. The van der Waals surface area contributed by atoms with Crippen molar-refractivity contribution < 1.29 is 27.8 Å². The number of carbonyl (C=O) groups is 2. The minimum absolute atomic E-state index is 0.163. The summed E-state index contributed by atoms with van der Waals surface area (Å²) < 4.78 is 33.2. The van der Waals surface area contributed by atoms with Gasteiger partial charge in [-0.3, -0.25) is 4.79 Å². The Morgan fingerprint density at radius 2 is 1.93 bits per heavy atom. The van der Waals surface area contributed by atoms with Crippen LogP contribution in [0.15, 0.2) is 12.2 Å². The second-order valence-electron chi connectivity index (χ2n) is 2.78. The highest BCUT2D eigenvalue weighted by atomic mass is 19.3. The molecule has 0 aliphatic carbocycles. The maximum atomic E-state index is 12.3. The number of alkyl halides is 2. The highest BCUT2D eigenvalue weighted by Crippen LogP contribution is 2.15. The normalized spacial score (nSPS) is 12.1. The lowest BCUT2D eigenvalue weighted by atomic mass is 10.1. The first-order valence-electron chi connectivity index (χ1n) is 4.10. The molecule has 0 saturated heterocycles. The predicted octanol–water partition coefficient (Wildman–Crippen LogP) is 1.30. The molecule has 0 heterocycles. The molecule has 86 valence electrons. The lowest BCUT2D eigenvalue weighted by molar-refractivity contribution is -0.155. The van der Waals surface area contributed by atoms with Gasteiger partial charge < -0.3 is 9.47 Å². The molecule has 0 unspecified atom stereocenters. The largest absolute Gasteiger partial charge is 0.466 e. The predicted molar refractivity (Wildman–Crippen MR) is 47.3 cm³/mol. The van der Waals surface area contributed by atoms with Crippen molar-refractivity contribution in [1.29, 1.82) is 0 Å². The van der Waals surface area contributed by atoms with Crippen molar-refractivity contribution in [2.45, 2.75) is 25.9 Å². The van der Waals surface area contributed by atoms with Gasteiger partial charge in [-0.15, -0.1) is 0 Å². The van der Waals surface area contributed by atoms with Crippen LogP contribution < -0.4 is 0 Å². The van der Waals surface area contributed by atoms with Gasteiger partial charge in [0.25, 0.3) is 6.43 Å². The molecule has 0 aromatic heterocycles. The maximum absolute atomic E-state index is 12.3. The Hall–Kier alpha value is -1.46. The summed E-state index contributed by atoms with van der Waals surface area (Å²) in [5.74, 6) is -1.63. The minimum atomic E-state index is -2.87. The Labute approximate surface area is 85.9 Å². The van der Waals surface area contributed by atoms with Gasteiger partial charge in [0.2, 0.25) is 0 Å². The zero-order chi connectivity index (χ0) is 12.0. The molecule has 15 heavy (non-hydrogen) atoms. The summed E-state index contributed by atoms with van der Waals surface area (Å²) in [5.41, 5.74) is -0.163. The third-order valence-corrected chi connectivity index (χ3v) is 1.52. The molecular formula is C9H12F2O4. The number of methoxy groups -OCH3 is 1. The molecule has 6 heteroatoms. The lowest BCUT2D eigenvalue weighted by Gasteiger charge is -2.16. The third kappa shape index (κ3) is 5.09. The maximum Gasteiger partial charge on any atom is 0.333 e. The van der Waals surface area contributed by atoms with E-state index < -0.39 is 30.9 Å². The molecule has 0 radical (unpaired) electrons. The third-order valence-electron chi connectivity index (χ3n) is 1.52. The summed E-state index contributed by atoms with van der Waals surface area (Å²) in [7, 11) is 1.11. The fourth-order valence-corrected chi connectivity index (χ4v) is 0.866. The summed E-state index contributed by atoms with van der Waals surface area (Å²) in [6, 6.07) is 0. The van der Waals surface area contributed by atoms with Gasteiger partial charge in [-0.2, -0.15) is 0 Å². The average molecular weight is 222 g/mol. The minimum Gasteiger partial charge on any atom is -0.466 e. The summed E-state index contributed by atoms with van der Waals surface area (Å²) in [5, 5.41) is 0. The van der Waals surface area contributed by atoms with E-state index in [0.717, 1.165) is 14.0 Å². The molecule has 0 aromatic carbocycles. The van der Waals surface area contributed by atoms with E-state index in [4.69, 9.17) is 0 Å². The first-order valence-corrected chi connectivity index (χ1v) is 4.10. The summed E-state index contributed by atoms with van der Waals surface area (Å²) in [4.78, 5) is 21.3. The van der Waals surface area contributed by atoms with Crippen molar-refractivity contribution in [2.75, 3.05) is 7.11 Å². The van der Waals surface area contributed by atoms with Gasteiger partial charge >= 0.3 is 11.9 Å². The number of halogens is 2. The van der Waals surface area contributed by atoms with Crippen molar-refractivity contribution in [3.8, 4) is 0 Å². The van der Waals surface area contributed by atoms with Crippen LogP contribution in [0.4, 0.5) is 8.78 Å². The zero-order valence-corrected chi connectivity index (χ0v) is 8.46. The Morgan fingerprint density at radius 3 is 2.27 bits per heavy atom. The van der Waals surface area contributed by atoms with Gasteiger partial charge in [0.15, 0.2) is 6.10 Å². The molecule has 0 N–H and O–H groups in total. The number of carbonyl (C=O) groups excluding carboxylic acids is 2. The van der Waals surface area contributed by atoms with Crippen molar-refractivity contribution in [3.05, 3.63) is 12.2 Å². The number of rotatable bonds is 5. The van der Waals surface area contributed by atoms with Gasteiger partial charge in [0.1, 0.15) is 0 Å². The molecule has 0 fully saturated rings. The van der Waals surface area contributed by atoms with E-state index in [0.29, 0.717) is 0 Å². The van der Waals surface area contributed by atoms with E-state index in [1.165, 1.54) is 0 Å². The molecule has 4 nitrogen and oxygen atoms in total. The van der Waals surface area contributed by atoms with E-state index in [1.54, 1.807) is 0 Å². The highest BCUT2D eigenvalue weighted by molar-refractivity contribution is 5.87. The second-order valence-corrected chi connectivity index (χ2v) is 2.78. The number of ether oxygens (including phenoxy) is 2. The van der Waals surface area contributed by atoms with Crippen LogP contribution in [0, 0.1) is 0 Å². The van der Waals surface area contributed by atoms with Gasteiger partial charge in [-0.05, 0) is 0 Å². The average Bonchev–Trinajstić information content (AvgIpc) is 2.14. The van der Waals surface area contributed by atoms with Crippen molar-refractivity contribution in [3.63, 3.8) is 0 Å². The van der Waals surface area contributed by atoms with Gasteiger partial charge in [-0.25, -0.2) is 13.6 Å². The van der Waals surface area contributed by atoms with Crippen LogP contribution in [0.5, 0.6) is 0 Å². The molecule has 0 rings (SSSR count). The van der Waals surface area contributed by atoms with Crippen LogP contribution in [0.2, 0.25) is 0 Å². The molecule has 0 amide bonds. The second kappa shape index (κ2) is 6.10. The molecule has 0 aliphatic rings. The van der Waals surface area contributed by atoms with Crippen LogP contribution in [0.3, 0.4) is 0 Å². The Morgan fingerprint density at radius 1 is 1.40 bits per heavy atom. The topological polar surface area (TPSA) is 52.6 Å². The van der Waals surface area contributed by atoms with Crippen molar-refractivity contribution >= 4 is 11.9 Å². The van der Waals surface area contributed by atoms with Crippen LogP contribution in [-0.4, -0.2) is 31.6 Å². The van der Waals surface area contributed by atoms with E-state index in [9.17, 15) is 18.4 Å². The molecular weight excluding hydrogens is 210 g/mol. The van der Waals surface area contributed by atoms with Crippen LogP contribution in [0.1, 0.15) is 13.3 Å². The van der Waals surface area contributed by atoms with Crippen LogP contribution in [-0.2, 0) is 19.1 Å². The summed E-state index contributed by atoms with van der Waals surface area (Å²) in [6.07, 6.45) is -4.96.